The average molecular weight is 396 g/mol. The maximum Gasteiger partial charge on any atom is 0.339 e. The van der Waals surface area contributed by atoms with Crippen molar-refractivity contribution in [3.8, 4) is 0 Å². The van der Waals surface area contributed by atoms with Gasteiger partial charge in [0.15, 0.2) is 6.10 Å². The highest BCUT2D eigenvalue weighted by molar-refractivity contribution is 6.30. The molecule has 0 unspecified atom stereocenters. The molecule has 0 aliphatic carbocycles. The quantitative estimate of drug-likeness (QED) is 0.253. The minimum absolute atomic E-state index is 0.126. The Morgan fingerprint density at radius 2 is 1.46 bits per heavy atom. The minimum Gasteiger partial charge on any atom is -0.445 e. The van der Waals surface area contributed by atoms with Crippen LogP contribution < -0.4 is 0 Å². The summed E-state index contributed by atoms with van der Waals surface area (Å²) in [5, 5.41) is 11.3. The van der Waals surface area contributed by atoms with Crippen molar-refractivity contribution in [2.24, 2.45) is 0 Å². The van der Waals surface area contributed by atoms with Gasteiger partial charge in [-0.1, -0.05) is 41.9 Å². The lowest BCUT2D eigenvalue weighted by Crippen LogP contribution is -2.20. The summed E-state index contributed by atoms with van der Waals surface area (Å²) in [5.74, 6) is -1.14. The van der Waals surface area contributed by atoms with Crippen molar-refractivity contribution in [3.05, 3.63) is 111 Å². The average Bonchev–Trinajstić information content (AvgIpc) is 2.72. The molecule has 0 saturated heterocycles. The number of carbonyl (C=O) groups excluding carboxylic acids is 2. The standard InChI is InChI=1S/C21H14ClNO5/c22-17-10-6-16(7-11-17)21(25)28-20(19(24)14-4-2-1-3-5-14)15-8-12-18(13-9-15)23(26)27/h1-13,20H/t20-/m1/s1. The summed E-state index contributed by atoms with van der Waals surface area (Å²) in [6.07, 6.45) is -1.24. The first-order valence-corrected chi connectivity index (χ1v) is 8.63. The monoisotopic (exact) mass is 395 g/mol. The van der Waals surface area contributed by atoms with Gasteiger partial charge in [-0.25, -0.2) is 4.79 Å². The highest BCUT2D eigenvalue weighted by atomic mass is 35.5. The van der Waals surface area contributed by atoms with Crippen molar-refractivity contribution in [2.45, 2.75) is 6.10 Å². The van der Waals surface area contributed by atoms with Gasteiger partial charge in [0.25, 0.3) is 5.69 Å². The molecule has 0 bridgehead atoms. The number of non-ortho nitro benzene ring substituents is 1. The van der Waals surface area contributed by atoms with E-state index in [4.69, 9.17) is 16.3 Å². The lowest BCUT2D eigenvalue weighted by molar-refractivity contribution is -0.384. The van der Waals surface area contributed by atoms with Crippen LogP contribution in [0.1, 0.15) is 32.4 Å². The molecule has 3 aromatic rings. The van der Waals surface area contributed by atoms with Crippen LogP contribution in [-0.2, 0) is 4.74 Å². The maximum absolute atomic E-state index is 13.0. The molecule has 0 radical (unpaired) electrons. The van der Waals surface area contributed by atoms with E-state index in [9.17, 15) is 19.7 Å². The summed E-state index contributed by atoms with van der Waals surface area (Å²) in [5.41, 5.74) is 0.799. The van der Waals surface area contributed by atoms with Crippen LogP contribution in [-0.4, -0.2) is 16.7 Å². The van der Waals surface area contributed by atoms with Crippen LogP contribution in [0.2, 0.25) is 5.02 Å². The van der Waals surface area contributed by atoms with Crippen LogP contribution in [0.3, 0.4) is 0 Å². The molecule has 0 fully saturated rings. The third-order valence-electron chi connectivity index (χ3n) is 4.01. The van der Waals surface area contributed by atoms with Gasteiger partial charge in [-0.05, 0) is 36.4 Å². The van der Waals surface area contributed by atoms with Gasteiger partial charge in [0, 0.05) is 28.3 Å². The third-order valence-corrected chi connectivity index (χ3v) is 4.26. The van der Waals surface area contributed by atoms with E-state index in [-0.39, 0.29) is 11.3 Å². The van der Waals surface area contributed by atoms with Gasteiger partial charge in [-0.15, -0.1) is 0 Å². The number of ether oxygens (including phenoxy) is 1. The van der Waals surface area contributed by atoms with Crippen LogP contribution in [0.5, 0.6) is 0 Å². The molecule has 28 heavy (non-hydrogen) atoms. The zero-order valence-electron chi connectivity index (χ0n) is 14.4. The van der Waals surface area contributed by atoms with Gasteiger partial charge < -0.3 is 4.74 Å². The molecular formula is C21H14ClNO5. The highest BCUT2D eigenvalue weighted by Crippen LogP contribution is 2.26. The largest absolute Gasteiger partial charge is 0.445 e. The first kappa shape index (κ1) is 19.3. The molecule has 6 nitrogen and oxygen atoms in total. The second kappa shape index (κ2) is 8.45. The molecule has 7 heteroatoms. The number of esters is 1. The number of halogens is 1. The Labute approximate surface area is 165 Å². The minimum atomic E-state index is -1.24. The Kier molecular flexibility index (Phi) is 5.81. The van der Waals surface area contributed by atoms with E-state index >= 15 is 0 Å². The molecule has 0 aliphatic heterocycles. The van der Waals surface area contributed by atoms with Crippen molar-refractivity contribution in [2.75, 3.05) is 0 Å². The molecule has 3 aromatic carbocycles. The van der Waals surface area contributed by atoms with Gasteiger partial charge in [0.1, 0.15) is 0 Å². The van der Waals surface area contributed by atoms with E-state index in [2.05, 4.69) is 0 Å². The number of nitro groups is 1. The van der Waals surface area contributed by atoms with Crippen LogP contribution in [0.4, 0.5) is 5.69 Å². The van der Waals surface area contributed by atoms with Crippen molar-refractivity contribution < 1.29 is 19.2 Å². The number of hydrogen-bond donors (Lipinski definition) is 0. The lowest BCUT2D eigenvalue weighted by Gasteiger charge is -2.17. The maximum atomic E-state index is 13.0. The number of hydrogen-bond acceptors (Lipinski definition) is 5. The second-order valence-corrected chi connectivity index (χ2v) is 6.31. The van der Waals surface area contributed by atoms with E-state index in [0.717, 1.165) is 0 Å². The molecule has 1 atom stereocenters. The number of benzene rings is 3. The summed E-state index contributed by atoms with van der Waals surface area (Å²) < 4.78 is 5.48. The highest BCUT2D eigenvalue weighted by Gasteiger charge is 2.27. The summed E-state index contributed by atoms with van der Waals surface area (Å²) in [4.78, 5) is 35.8. The molecule has 0 spiro atoms. The van der Waals surface area contributed by atoms with Crippen LogP contribution in [0.25, 0.3) is 0 Å². The molecule has 3 rings (SSSR count). The van der Waals surface area contributed by atoms with Gasteiger partial charge in [0.05, 0.1) is 10.5 Å². The Morgan fingerprint density at radius 1 is 0.857 bits per heavy atom. The molecule has 0 aromatic heterocycles. The second-order valence-electron chi connectivity index (χ2n) is 5.87. The molecule has 0 saturated carbocycles. The number of ketones is 1. The molecule has 140 valence electrons. The zero-order chi connectivity index (χ0) is 20.1. The predicted octanol–water partition coefficient (Wildman–Crippen LogP) is 5.03. The fraction of sp³-hybridized carbons (Fsp3) is 0.0476. The van der Waals surface area contributed by atoms with Gasteiger partial charge >= 0.3 is 5.97 Å². The van der Waals surface area contributed by atoms with Crippen molar-refractivity contribution in [1.82, 2.24) is 0 Å². The number of nitro benzene ring substituents is 1. The Balaban J connectivity index is 1.94. The lowest BCUT2D eigenvalue weighted by atomic mass is 9.99. The summed E-state index contributed by atoms with van der Waals surface area (Å²) in [6, 6.07) is 19.8. The number of rotatable bonds is 6. The Hall–Kier alpha value is -3.51. The van der Waals surface area contributed by atoms with Crippen molar-refractivity contribution >= 4 is 29.0 Å². The van der Waals surface area contributed by atoms with Crippen LogP contribution in [0, 0.1) is 10.1 Å². The van der Waals surface area contributed by atoms with E-state index in [0.29, 0.717) is 16.1 Å². The van der Waals surface area contributed by atoms with E-state index in [1.54, 1.807) is 30.3 Å². The zero-order valence-corrected chi connectivity index (χ0v) is 15.2. The van der Waals surface area contributed by atoms with Crippen LogP contribution in [0.15, 0.2) is 78.9 Å². The topological polar surface area (TPSA) is 86.5 Å². The smallest absolute Gasteiger partial charge is 0.339 e. The molecular weight excluding hydrogens is 382 g/mol. The number of carbonyl (C=O) groups is 2. The van der Waals surface area contributed by atoms with Crippen molar-refractivity contribution in [3.63, 3.8) is 0 Å². The first-order chi connectivity index (χ1) is 13.5. The fourth-order valence-electron chi connectivity index (χ4n) is 2.56. The molecule has 0 heterocycles. The molecule has 0 aliphatic rings. The first-order valence-electron chi connectivity index (χ1n) is 8.26. The predicted molar refractivity (Wildman–Crippen MR) is 103 cm³/mol. The van der Waals surface area contributed by atoms with Gasteiger partial charge in [-0.2, -0.15) is 0 Å². The Morgan fingerprint density at radius 3 is 2.04 bits per heavy atom. The Bertz CT molecular complexity index is 1000. The molecule has 0 N–H and O–H groups in total. The van der Waals surface area contributed by atoms with Crippen molar-refractivity contribution in [1.29, 1.82) is 0 Å². The summed E-state index contributed by atoms with van der Waals surface area (Å²) in [6.45, 7) is 0. The normalized spacial score (nSPS) is 11.5. The van der Waals surface area contributed by atoms with E-state index in [1.165, 1.54) is 48.5 Å². The van der Waals surface area contributed by atoms with Crippen LogP contribution >= 0.6 is 11.6 Å². The molecule has 0 amide bonds. The van der Waals surface area contributed by atoms with E-state index < -0.39 is 22.8 Å². The van der Waals surface area contributed by atoms with Gasteiger partial charge in [-0.3, -0.25) is 14.9 Å². The fourth-order valence-corrected chi connectivity index (χ4v) is 2.68. The summed E-state index contributed by atoms with van der Waals surface area (Å²) in [7, 11) is 0. The number of Topliss-reactive ketones (excluding diaryl/α,β-unsaturated/α-hetero) is 1. The summed E-state index contributed by atoms with van der Waals surface area (Å²) >= 11 is 5.83. The third kappa shape index (κ3) is 4.42. The van der Waals surface area contributed by atoms with E-state index in [1.807, 2.05) is 0 Å². The SMILES string of the molecule is O=C(O[C@@H](C(=O)c1ccccc1)c1ccc([N+](=O)[O-])cc1)c1ccc(Cl)cc1. The van der Waals surface area contributed by atoms with Gasteiger partial charge in [0.2, 0.25) is 5.78 Å². The number of nitrogens with zero attached hydrogens (tertiary/aromatic N) is 1.